The SMILES string of the molecule is CCCCCCCCCCCCC(=O)CCCN(CCCN(C)C)CC(=O)O. The summed E-state index contributed by atoms with van der Waals surface area (Å²) in [7, 11) is 4.04. The number of carboxylic acids is 1. The molecule has 0 unspecified atom stereocenters. The van der Waals surface area contributed by atoms with Crippen molar-refractivity contribution >= 4 is 11.8 Å². The molecular formula is C23H46N2O3. The van der Waals surface area contributed by atoms with E-state index in [-0.39, 0.29) is 6.54 Å². The number of Topliss-reactive ketones (excluding diaryl/α,β-unsaturated/α-hetero) is 1. The maximum absolute atomic E-state index is 12.0. The van der Waals surface area contributed by atoms with Crippen molar-refractivity contribution < 1.29 is 14.7 Å². The molecule has 0 aromatic heterocycles. The number of carbonyl (C=O) groups excluding carboxylic acids is 1. The highest BCUT2D eigenvalue weighted by atomic mass is 16.4. The molecule has 0 heterocycles. The second-order valence-corrected chi connectivity index (χ2v) is 8.40. The van der Waals surface area contributed by atoms with Crippen LogP contribution in [0, 0.1) is 0 Å². The quantitative estimate of drug-likeness (QED) is 0.276. The number of rotatable bonds is 21. The Morgan fingerprint density at radius 2 is 1.18 bits per heavy atom. The molecule has 166 valence electrons. The summed E-state index contributed by atoms with van der Waals surface area (Å²) in [6.45, 7) is 4.74. The van der Waals surface area contributed by atoms with Crippen molar-refractivity contribution in [2.24, 2.45) is 0 Å². The van der Waals surface area contributed by atoms with Crippen LogP contribution in [0.25, 0.3) is 0 Å². The second-order valence-electron chi connectivity index (χ2n) is 8.40. The summed E-state index contributed by atoms with van der Waals surface area (Å²) < 4.78 is 0. The van der Waals surface area contributed by atoms with Gasteiger partial charge in [0.15, 0.2) is 0 Å². The standard InChI is InChI=1S/C23H46N2O3/c1-4-5-6-7-8-9-10-11-12-13-16-22(26)17-14-19-25(21-23(27)28)20-15-18-24(2)3/h4-21H2,1-3H3,(H,27,28). The number of carbonyl (C=O) groups is 2. The predicted octanol–water partition coefficient (Wildman–Crippen LogP) is 4.99. The van der Waals surface area contributed by atoms with E-state index in [0.717, 1.165) is 38.8 Å². The first-order valence-electron chi connectivity index (χ1n) is 11.6. The van der Waals surface area contributed by atoms with Gasteiger partial charge in [0.25, 0.3) is 0 Å². The van der Waals surface area contributed by atoms with Crippen LogP contribution in [-0.4, -0.2) is 66.9 Å². The number of hydrogen-bond donors (Lipinski definition) is 1. The van der Waals surface area contributed by atoms with Gasteiger partial charge >= 0.3 is 5.97 Å². The number of nitrogens with zero attached hydrogens (tertiary/aromatic N) is 2. The lowest BCUT2D eigenvalue weighted by molar-refractivity contribution is -0.138. The van der Waals surface area contributed by atoms with Gasteiger partial charge in [-0.25, -0.2) is 0 Å². The first kappa shape index (κ1) is 27.1. The molecule has 0 fully saturated rings. The first-order chi connectivity index (χ1) is 13.5. The highest BCUT2D eigenvalue weighted by Gasteiger charge is 2.10. The molecule has 0 amide bonds. The molecule has 0 radical (unpaired) electrons. The molecule has 1 N–H and O–H groups in total. The van der Waals surface area contributed by atoms with Gasteiger partial charge in [0, 0.05) is 12.8 Å². The lowest BCUT2D eigenvalue weighted by Gasteiger charge is -2.21. The summed E-state index contributed by atoms with van der Waals surface area (Å²) in [4.78, 5) is 27.1. The van der Waals surface area contributed by atoms with Crippen molar-refractivity contribution in [3.8, 4) is 0 Å². The summed E-state index contributed by atoms with van der Waals surface area (Å²) in [6.07, 6.45) is 15.9. The molecule has 0 aromatic carbocycles. The maximum atomic E-state index is 12.0. The average Bonchev–Trinajstić information content (AvgIpc) is 2.62. The van der Waals surface area contributed by atoms with Crippen molar-refractivity contribution in [3.05, 3.63) is 0 Å². The smallest absolute Gasteiger partial charge is 0.317 e. The van der Waals surface area contributed by atoms with Gasteiger partial charge in [-0.15, -0.1) is 0 Å². The van der Waals surface area contributed by atoms with Crippen LogP contribution in [0.1, 0.15) is 96.8 Å². The first-order valence-corrected chi connectivity index (χ1v) is 11.6. The highest BCUT2D eigenvalue weighted by Crippen LogP contribution is 2.12. The average molecular weight is 399 g/mol. The molecule has 0 aliphatic heterocycles. The molecular weight excluding hydrogens is 352 g/mol. The minimum Gasteiger partial charge on any atom is -0.480 e. The second kappa shape index (κ2) is 19.4. The Balaban J connectivity index is 3.65. The van der Waals surface area contributed by atoms with Crippen molar-refractivity contribution in [1.29, 1.82) is 0 Å². The van der Waals surface area contributed by atoms with E-state index in [1.807, 2.05) is 19.0 Å². The summed E-state index contributed by atoms with van der Waals surface area (Å²) in [6, 6.07) is 0. The largest absolute Gasteiger partial charge is 0.480 e. The third kappa shape index (κ3) is 19.8. The number of unbranched alkanes of at least 4 members (excludes halogenated alkanes) is 9. The van der Waals surface area contributed by atoms with Crippen LogP contribution in [-0.2, 0) is 9.59 Å². The van der Waals surface area contributed by atoms with E-state index in [1.54, 1.807) is 0 Å². The zero-order valence-electron chi connectivity index (χ0n) is 18.9. The summed E-state index contributed by atoms with van der Waals surface area (Å²) >= 11 is 0. The van der Waals surface area contributed by atoms with Gasteiger partial charge in [0.1, 0.15) is 5.78 Å². The van der Waals surface area contributed by atoms with Gasteiger partial charge in [0.05, 0.1) is 6.54 Å². The molecule has 0 rings (SSSR count). The van der Waals surface area contributed by atoms with E-state index >= 15 is 0 Å². The molecule has 5 heteroatoms. The Labute approximate surface area is 173 Å². The normalized spacial score (nSPS) is 11.5. The number of ketones is 1. The van der Waals surface area contributed by atoms with Gasteiger partial charge in [-0.1, -0.05) is 64.7 Å². The van der Waals surface area contributed by atoms with E-state index in [2.05, 4.69) is 11.8 Å². The Kier molecular flexibility index (Phi) is 18.7. The fourth-order valence-electron chi connectivity index (χ4n) is 3.51. The van der Waals surface area contributed by atoms with Crippen LogP contribution in [0.5, 0.6) is 0 Å². The van der Waals surface area contributed by atoms with Crippen LogP contribution >= 0.6 is 0 Å². The molecule has 0 bridgehead atoms. The van der Waals surface area contributed by atoms with E-state index < -0.39 is 5.97 Å². The van der Waals surface area contributed by atoms with Crippen LogP contribution in [0.15, 0.2) is 0 Å². The zero-order chi connectivity index (χ0) is 21.0. The minimum absolute atomic E-state index is 0.0695. The molecule has 0 aromatic rings. The Bertz CT molecular complexity index is 386. The van der Waals surface area contributed by atoms with Crippen molar-refractivity contribution in [2.45, 2.75) is 96.8 Å². The van der Waals surface area contributed by atoms with E-state index in [4.69, 9.17) is 5.11 Å². The number of hydrogen-bond acceptors (Lipinski definition) is 4. The van der Waals surface area contributed by atoms with Gasteiger partial charge in [-0.05, 0) is 53.0 Å². The molecule has 0 saturated heterocycles. The van der Waals surface area contributed by atoms with Crippen molar-refractivity contribution in [1.82, 2.24) is 9.80 Å². The third-order valence-electron chi connectivity index (χ3n) is 5.18. The Morgan fingerprint density at radius 1 is 0.679 bits per heavy atom. The lowest BCUT2D eigenvalue weighted by atomic mass is 10.0. The van der Waals surface area contributed by atoms with Crippen LogP contribution < -0.4 is 0 Å². The molecule has 0 atom stereocenters. The fourth-order valence-corrected chi connectivity index (χ4v) is 3.51. The topological polar surface area (TPSA) is 60.9 Å². The van der Waals surface area contributed by atoms with E-state index in [9.17, 15) is 9.59 Å². The van der Waals surface area contributed by atoms with Gasteiger partial charge in [-0.2, -0.15) is 0 Å². The number of aliphatic carboxylic acids is 1. The van der Waals surface area contributed by atoms with Gasteiger partial charge in [0.2, 0.25) is 0 Å². The Hall–Kier alpha value is -0.940. The fraction of sp³-hybridized carbons (Fsp3) is 0.913. The van der Waals surface area contributed by atoms with E-state index in [1.165, 1.54) is 51.4 Å². The third-order valence-corrected chi connectivity index (χ3v) is 5.18. The molecule has 5 nitrogen and oxygen atoms in total. The summed E-state index contributed by atoms with van der Waals surface area (Å²) in [5.41, 5.74) is 0. The highest BCUT2D eigenvalue weighted by molar-refractivity contribution is 5.78. The van der Waals surface area contributed by atoms with Gasteiger partial charge < -0.3 is 10.0 Å². The molecule has 0 aliphatic carbocycles. The van der Waals surface area contributed by atoms with Crippen LogP contribution in [0.2, 0.25) is 0 Å². The van der Waals surface area contributed by atoms with Crippen LogP contribution in [0.3, 0.4) is 0 Å². The lowest BCUT2D eigenvalue weighted by Crippen LogP contribution is -2.33. The Morgan fingerprint density at radius 3 is 1.71 bits per heavy atom. The predicted molar refractivity (Wildman–Crippen MR) is 118 cm³/mol. The van der Waals surface area contributed by atoms with Crippen molar-refractivity contribution in [3.63, 3.8) is 0 Å². The van der Waals surface area contributed by atoms with E-state index in [0.29, 0.717) is 25.2 Å². The summed E-state index contributed by atoms with van der Waals surface area (Å²) in [5.74, 6) is -0.454. The number of carboxylic acid groups (broad SMARTS) is 1. The molecule has 0 spiro atoms. The maximum Gasteiger partial charge on any atom is 0.317 e. The molecule has 28 heavy (non-hydrogen) atoms. The van der Waals surface area contributed by atoms with Crippen molar-refractivity contribution in [2.75, 3.05) is 40.3 Å². The summed E-state index contributed by atoms with van der Waals surface area (Å²) in [5, 5.41) is 9.04. The minimum atomic E-state index is -0.790. The zero-order valence-corrected chi connectivity index (χ0v) is 18.9. The van der Waals surface area contributed by atoms with Crippen LogP contribution in [0.4, 0.5) is 0 Å². The van der Waals surface area contributed by atoms with Gasteiger partial charge in [-0.3, -0.25) is 14.5 Å². The molecule has 0 aliphatic rings. The molecule has 0 saturated carbocycles. The monoisotopic (exact) mass is 398 g/mol.